The number of aromatic nitrogens is 3. The van der Waals surface area contributed by atoms with Crippen molar-refractivity contribution >= 4 is 26.7 Å². The minimum absolute atomic E-state index is 0.127. The highest BCUT2D eigenvalue weighted by Gasteiger charge is 2.48. The van der Waals surface area contributed by atoms with Crippen LogP contribution < -0.4 is 4.90 Å². The molecule has 8 heteroatoms. The summed E-state index contributed by atoms with van der Waals surface area (Å²) in [7, 11) is -1.38. The number of aromatic amines is 1. The molecule has 0 atom stereocenters. The van der Waals surface area contributed by atoms with Crippen molar-refractivity contribution in [1.82, 2.24) is 15.0 Å². The molecule has 0 amide bonds. The summed E-state index contributed by atoms with van der Waals surface area (Å²) in [6.45, 7) is 0. The molecular weight excluding hydrogens is 350 g/mol. The number of sulfone groups is 1. The Labute approximate surface area is 153 Å². The summed E-state index contributed by atoms with van der Waals surface area (Å²) < 4.78 is 24.5. The molecule has 1 N–H and O–H groups in total. The molecule has 2 aliphatic carbocycles. The lowest BCUT2D eigenvalue weighted by Gasteiger charge is -2.42. The van der Waals surface area contributed by atoms with Crippen LogP contribution in [-0.2, 0) is 9.84 Å². The van der Waals surface area contributed by atoms with Gasteiger partial charge in [0, 0.05) is 19.3 Å². The van der Waals surface area contributed by atoms with Crippen molar-refractivity contribution in [2.75, 3.05) is 17.7 Å². The summed E-state index contributed by atoms with van der Waals surface area (Å²) in [6, 6.07) is 4.35. The molecule has 2 saturated carbocycles. The van der Waals surface area contributed by atoms with Gasteiger partial charge in [-0.3, -0.25) is 0 Å². The minimum Gasteiger partial charge on any atom is -0.356 e. The monoisotopic (exact) mass is 373 g/mol. The van der Waals surface area contributed by atoms with E-state index in [0.717, 1.165) is 42.5 Å². The Balaban J connectivity index is 1.43. The highest BCUT2D eigenvalue weighted by atomic mass is 32.2. The Morgan fingerprint density at radius 2 is 2.08 bits per heavy atom. The number of nitrogens with zero attached hydrogens (tertiary/aromatic N) is 4. The number of anilines is 1. The second-order valence-corrected chi connectivity index (χ2v) is 9.98. The highest BCUT2D eigenvalue weighted by molar-refractivity contribution is 7.93. The average molecular weight is 373 g/mol. The van der Waals surface area contributed by atoms with Gasteiger partial charge in [-0.25, -0.2) is 18.4 Å². The number of hydrogen-bond donors (Lipinski definition) is 1. The van der Waals surface area contributed by atoms with E-state index in [1.165, 1.54) is 0 Å². The van der Waals surface area contributed by atoms with Gasteiger partial charge >= 0.3 is 0 Å². The van der Waals surface area contributed by atoms with Crippen LogP contribution in [-0.4, -0.2) is 47.0 Å². The van der Waals surface area contributed by atoms with Crippen molar-refractivity contribution in [3.63, 3.8) is 0 Å². The van der Waals surface area contributed by atoms with Gasteiger partial charge in [-0.1, -0.05) is 12.8 Å². The zero-order valence-corrected chi connectivity index (χ0v) is 15.7. The van der Waals surface area contributed by atoms with Crippen LogP contribution in [0.15, 0.2) is 18.6 Å². The highest BCUT2D eigenvalue weighted by Crippen LogP contribution is 2.41. The van der Waals surface area contributed by atoms with Crippen LogP contribution in [0.3, 0.4) is 0 Å². The second kappa shape index (κ2) is 6.23. The van der Waals surface area contributed by atoms with Crippen LogP contribution in [0.2, 0.25) is 0 Å². The van der Waals surface area contributed by atoms with E-state index in [0.29, 0.717) is 12.8 Å². The van der Waals surface area contributed by atoms with Crippen LogP contribution in [0.1, 0.15) is 38.5 Å². The van der Waals surface area contributed by atoms with Gasteiger partial charge in [0.2, 0.25) is 0 Å². The van der Waals surface area contributed by atoms with E-state index in [2.05, 4.69) is 25.9 Å². The Bertz CT molecular complexity index is 949. The molecule has 4 rings (SSSR count). The molecular formula is C18H23N5O2S. The molecule has 0 bridgehead atoms. The van der Waals surface area contributed by atoms with Crippen molar-refractivity contribution < 1.29 is 8.42 Å². The molecule has 7 nitrogen and oxygen atoms in total. The third-order valence-corrected chi connectivity index (χ3v) is 8.69. The number of fused-ring (bicyclic) bond motifs is 1. The van der Waals surface area contributed by atoms with Crippen LogP contribution in [0.5, 0.6) is 0 Å². The maximum Gasteiger partial charge on any atom is 0.169 e. The van der Waals surface area contributed by atoms with Gasteiger partial charge in [-0.05, 0) is 37.7 Å². The summed E-state index contributed by atoms with van der Waals surface area (Å²) >= 11 is 0. The van der Waals surface area contributed by atoms with E-state index in [1.54, 1.807) is 6.33 Å². The van der Waals surface area contributed by atoms with E-state index in [4.69, 9.17) is 0 Å². The average Bonchev–Trinajstić information content (AvgIpc) is 3.26. The third kappa shape index (κ3) is 2.65. The van der Waals surface area contributed by atoms with Gasteiger partial charge in [0.05, 0.1) is 17.2 Å². The Kier molecular flexibility index (Phi) is 4.14. The molecule has 0 saturated heterocycles. The Morgan fingerprint density at radius 3 is 2.77 bits per heavy atom. The number of hydrogen-bond acceptors (Lipinski definition) is 6. The van der Waals surface area contributed by atoms with E-state index < -0.39 is 14.6 Å². The fourth-order valence-electron chi connectivity index (χ4n) is 4.37. The van der Waals surface area contributed by atoms with Gasteiger partial charge in [0.15, 0.2) is 14.6 Å². The molecule has 2 fully saturated rings. The van der Waals surface area contributed by atoms with E-state index in [-0.39, 0.29) is 17.7 Å². The molecule has 0 aromatic carbocycles. The molecule has 26 heavy (non-hydrogen) atoms. The van der Waals surface area contributed by atoms with Crippen molar-refractivity contribution in [1.29, 1.82) is 5.26 Å². The molecule has 2 aromatic rings. The molecule has 0 aliphatic heterocycles. The summed E-state index contributed by atoms with van der Waals surface area (Å²) in [5.74, 6) is 1.13. The van der Waals surface area contributed by atoms with Crippen LogP contribution in [0.25, 0.3) is 11.0 Å². The van der Waals surface area contributed by atoms with Crippen molar-refractivity contribution in [2.45, 2.75) is 49.3 Å². The fourth-order valence-corrected chi connectivity index (χ4v) is 6.64. The zero-order valence-electron chi connectivity index (χ0n) is 14.9. The number of H-pyrrole nitrogens is 1. The van der Waals surface area contributed by atoms with Crippen molar-refractivity contribution in [3.8, 4) is 6.07 Å². The lowest BCUT2D eigenvalue weighted by Crippen LogP contribution is -2.47. The van der Waals surface area contributed by atoms with Crippen molar-refractivity contribution in [3.05, 3.63) is 18.6 Å². The van der Waals surface area contributed by atoms with Gasteiger partial charge in [-0.15, -0.1) is 0 Å². The predicted molar refractivity (Wildman–Crippen MR) is 99.4 cm³/mol. The second-order valence-electron chi connectivity index (χ2n) is 7.63. The normalized spacial score (nSPS) is 24.9. The van der Waals surface area contributed by atoms with E-state index in [9.17, 15) is 13.7 Å². The molecule has 138 valence electrons. The first-order chi connectivity index (χ1) is 12.5. The first-order valence-electron chi connectivity index (χ1n) is 9.10. The lowest BCUT2D eigenvalue weighted by molar-refractivity contribution is 0.281. The Morgan fingerprint density at radius 1 is 1.35 bits per heavy atom. The van der Waals surface area contributed by atoms with Crippen LogP contribution in [0.4, 0.5) is 5.82 Å². The van der Waals surface area contributed by atoms with Crippen LogP contribution >= 0.6 is 0 Å². The SMILES string of the molecule is CN(c1ncnc2[nH]ccc12)C1CC(CS(=O)(=O)C2(C#N)CCCC2)C1. The summed E-state index contributed by atoms with van der Waals surface area (Å²) in [5, 5.41) is 10.4. The van der Waals surface area contributed by atoms with Gasteiger partial charge < -0.3 is 9.88 Å². The quantitative estimate of drug-likeness (QED) is 0.863. The number of rotatable bonds is 5. The first kappa shape index (κ1) is 17.3. The van der Waals surface area contributed by atoms with Crippen LogP contribution in [0, 0.1) is 17.2 Å². The smallest absolute Gasteiger partial charge is 0.169 e. The van der Waals surface area contributed by atoms with Gasteiger partial charge in [0.25, 0.3) is 0 Å². The standard InChI is InChI=1S/C18H23N5O2S/c1-23(17-15-4-7-20-16(15)21-12-22-17)14-8-13(9-14)10-26(24,25)18(11-19)5-2-3-6-18/h4,7,12-14H,2-3,5-6,8-10H2,1H3,(H,20,21,22). The summed E-state index contributed by atoms with van der Waals surface area (Å²) in [4.78, 5) is 13.8. The molecule has 2 heterocycles. The first-order valence-corrected chi connectivity index (χ1v) is 10.8. The molecule has 0 unspecified atom stereocenters. The minimum atomic E-state index is -3.38. The fraction of sp³-hybridized carbons (Fsp3) is 0.611. The van der Waals surface area contributed by atoms with Gasteiger partial charge in [-0.2, -0.15) is 5.26 Å². The molecule has 0 spiro atoms. The predicted octanol–water partition coefficient (Wildman–Crippen LogP) is 2.42. The maximum atomic E-state index is 12.8. The largest absolute Gasteiger partial charge is 0.356 e. The topological polar surface area (TPSA) is 103 Å². The summed E-state index contributed by atoms with van der Waals surface area (Å²) in [6.07, 6.45) is 7.67. The van der Waals surface area contributed by atoms with E-state index >= 15 is 0 Å². The van der Waals surface area contributed by atoms with Gasteiger partial charge in [0.1, 0.15) is 17.8 Å². The van der Waals surface area contributed by atoms with E-state index in [1.807, 2.05) is 19.3 Å². The maximum absolute atomic E-state index is 12.8. The zero-order chi connectivity index (χ0) is 18.4. The lowest BCUT2D eigenvalue weighted by atomic mass is 9.81. The molecule has 2 aliphatic rings. The third-order valence-electron chi connectivity index (χ3n) is 6.09. The summed E-state index contributed by atoms with van der Waals surface area (Å²) in [5.41, 5.74) is 0.803. The molecule has 0 radical (unpaired) electrons. The number of nitrogens with one attached hydrogen (secondary N) is 1. The Hall–Kier alpha value is -2.14. The van der Waals surface area contributed by atoms with Crippen molar-refractivity contribution in [2.24, 2.45) is 5.92 Å². The number of nitriles is 1. The molecule has 2 aromatic heterocycles.